The Balaban J connectivity index is 1.54. The Morgan fingerprint density at radius 1 is 1.00 bits per heavy atom. The van der Waals surface area contributed by atoms with Crippen LogP contribution < -0.4 is 5.43 Å². The minimum Gasteiger partial charge on any atom is -0.465 e. The van der Waals surface area contributed by atoms with Crippen molar-refractivity contribution in [1.82, 2.24) is 19.6 Å². The van der Waals surface area contributed by atoms with Crippen molar-refractivity contribution in [3.05, 3.63) is 100 Å². The second-order valence-electron chi connectivity index (χ2n) is 7.17. The van der Waals surface area contributed by atoms with Crippen LogP contribution >= 0.6 is 0 Å². The van der Waals surface area contributed by atoms with Crippen molar-refractivity contribution in [2.24, 2.45) is 0 Å². The first-order valence-corrected chi connectivity index (χ1v) is 9.75. The van der Waals surface area contributed by atoms with Gasteiger partial charge in [0.1, 0.15) is 5.69 Å². The molecular formula is C24H18N4O3. The Morgan fingerprint density at radius 3 is 2.61 bits per heavy atom. The molecule has 152 valence electrons. The number of carbonyl (C=O) groups is 1. The van der Waals surface area contributed by atoms with Crippen LogP contribution in [-0.2, 0) is 11.3 Å². The maximum atomic E-state index is 12.4. The van der Waals surface area contributed by atoms with Crippen LogP contribution in [0.5, 0.6) is 0 Å². The second-order valence-corrected chi connectivity index (χ2v) is 7.17. The lowest BCUT2D eigenvalue weighted by atomic mass is 10.0. The molecular weight excluding hydrogens is 392 g/mol. The summed E-state index contributed by atoms with van der Waals surface area (Å²) in [5.41, 5.74) is 4.52. The van der Waals surface area contributed by atoms with Gasteiger partial charge < -0.3 is 9.30 Å². The van der Waals surface area contributed by atoms with E-state index in [4.69, 9.17) is 4.74 Å². The van der Waals surface area contributed by atoms with Gasteiger partial charge in [0, 0.05) is 11.1 Å². The number of hydrogen-bond donors (Lipinski definition) is 0. The van der Waals surface area contributed by atoms with Crippen LogP contribution in [0.2, 0.25) is 0 Å². The molecule has 7 nitrogen and oxygen atoms in total. The molecule has 1 aromatic heterocycles. The van der Waals surface area contributed by atoms with Gasteiger partial charge in [-0.1, -0.05) is 29.5 Å². The molecule has 0 spiro atoms. The summed E-state index contributed by atoms with van der Waals surface area (Å²) in [7, 11) is 1.35. The number of benzene rings is 3. The molecule has 0 fully saturated rings. The maximum absolute atomic E-state index is 12.4. The average molecular weight is 410 g/mol. The number of pyridine rings is 1. The van der Waals surface area contributed by atoms with E-state index in [-0.39, 0.29) is 11.4 Å². The van der Waals surface area contributed by atoms with E-state index < -0.39 is 0 Å². The van der Waals surface area contributed by atoms with Crippen molar-refractivity contribution in [2.45, 2.75) is 6.54 Å². The number of methoxy groups -OCH3 is 1. The number of nitrogens with zero attached hydrogens (tertiary/aromatic N) is 4. The Hall–Kier alpha value is -4.26. The van der Waals surface area contributed by atoms with E-state index in [2.05, 4.69) is 14.9 Å². The van der Waals surface area contributed by atoms with E-state index in [1.165, 1.54) is 7.11 Å². The number of esters is 1. The Bertz CT molecular complexity index is 1430. The van der Waals surface area contributed by atoms with E-state index in [0.717, 1.165) is 28.0 Å². The molecule has 2 aromatic carbocycles. The molecule has 2 aliphatic rings. The molecule has 0 saturated heterocycles. The molecule has 1 aliphatic carbocycles. The van der Waals surface area contributed by atoms with Crippen LogP contribution in [0.15, 0.2) is 83.8 Å². The third-order valence-corrected chi connectivity index (χ3v) is 5.28. The molecule has 31 heavy (non-hydrogen) atoms. The van der Waals surface area contributed by atoms with Gasteiger partial charge in [-0.15, -0.1) is 5.10 Å². The lowest BCUT2D eigenvalue weighted by Gasteiger charge is -2.17. The highest BCUT2D eigenvalue weighted by molar-refractivity contribution is 5.89. The summed E-state index contributed by atoms with van der Waals surface area (Å²) >= 11 is 0. The molecule has 0 radical (unpaired) electrons. The molecule has 0 bridgehead atoms. The fourth-order valence-electron chi connectivity index (χ4n) is 3.75. The summed E-state index contributed by atoms with van der Waals surface area (Å²) in [4.78, 5) is 24.1. The Morgan fingerprint density at radius 2 is 1.81 bits per heavy atom. The molecule has 0 amide bonds. The Labute approximate surface area is 177 Å². The van der Waals surface area contributed by atoms with E-state index in [0.29, 0.717) is 17.7 Å². The number of carbonyl (C=O) groups excluding carboxylic acids is 1. The highest BCUT2D eigenvalue weighted by Crippen LogP contribution is 2.26. The molecule has 0 atom stereocenters. The summed E-state index contributed by atoms with van der Waals surface area (Å²) in [6.45, 7) is 0.460. The third kappa shape index (κ3) is 3.36. The SMILES string of the molecule is COC(=O)c1ccc(-n2cc(Cn3c4cccc(=O)c-4cc4ccccc43)nn2)cc1. The van der Waals surface area contributed by atoms with E-state index >= 15 is 0 Å². The minimum absolute atomic E-state index is 0.00801. The standard InChI is InChI=1S/C24H18N4O3/c1-31-24(30)16-9-11-19(12-10-16)28-15-18(25-26-28)14-27-21-6-3-2-5-17(21)13-20-22(27)7-4-8-23(20)29/h2-13,15H,14H2,1H3. The number of fused-ring (bicyclic) bond motifs is 2. The second kappa shape index (κ2) is 7.53. The number of rotatable bonds is 4. The molecule has 1 aliphatic heterocycles. The molecule has 3 aromatic rings. The van der Waals surface area contributed by atoms with Crippen LogP contribution in [0.3, 0.4) is 0 Å². The molecule has 0 unspecified atom stereocenters. The number of ether oxygens (including phenoxy) is 1. The first kappa shape index (κ1) is 18.7. The zero-order valence-electron chi connectivity index (χ0n) is 16.7. The molecule has 5 rings (SSSR count). The van der Waals surface area contributed by atoms with Crippen LogP contribution in [0.1, 0.15) is 16.1 Å². The lowest BCUT2D eigenvalue weighted by Crippen LogP contribution is -2.13. The zero-order valence-corrected chi connectivity index (χ0v) is 16.7. The smallest absolute Gasteiger partial charge is 0.337 e. The highest BCUT2D eigenvalue weighted by atomic mass is 16.5. The topological polar surface area (TPSA) is 79.0 Å². The van der Waals surface area contributed by atoms with Crippen molar-refractivity contribution >= 4 is 16.9 Å². The fraction of sp³-hybridized carbons (Fsp3) is 0.0833. The maximum Gasteiger partial charge on any atom is 0.337 e. The molecule has 0 saturated carbocycles. The summed E-state index contributed by atoms with van der Waals surface area (Å²) in [6, 6.07) is 22.1. The van der Waals surface area contributed by atoms with Crippen molar-refractivity contribution in [3.63, 3.8) is 0 Å². The minimum atomic E-state index is -0.386. The zero-order chi connectivity index (χ0) is 21.4. The molecule has 7 heteroatoms. The van der Waals surface area contributed by atoms with E-state index in [9.17, 15) is 9.59 Å². The number of aromatic nitrogens is 4. The summed E-state index contributed by atoms with van der Waals surface area (Å²) in [5, 5.41) is 9.54. The van der Waals surface area contributed by atoms with Crippen molar-refractivity contribution in [2.75, 3.05) is 7.11 Å². The summed E-state index contributed by atoms with van der Waals surface area (Å²) in [6.07, 6.45) is 1.84. The number of hydrogen-bond acceptors (Lipinski definition) is 5. The summed E-state index contributed by atoms with van der Waals surface area (Å²) < 4.78 is 8.47. The quantitative estimate of drug-likeness (QED) is 0.335. The molecule has 0 N–H and O–H groups in total. The van der Waals surface area contributed by atoms with Gasteiger partial charge in [0.25, 0.3) is 0 Å². The van der Waals surface area contributed by atoms with Gasteiger partial charge in [0.05, 0.1) is 36.8 Å². The monoisotopic (exact) mass is 410 g/mol. The summed E-state index contributed by atoms with van der Waals surface area (Å²) in [5.74, 6) is -0.386. The van der Waals surface area contributed by atoms with E-state index in [1.807, 2.05) is 42.6 Å². The van der Waals surface area contributed by atoms with Gasteiger partial charge in [-0.05, 0) is 53.9 Å². The van der Waals surface area contributed by atoms with Gasteiger partial charge >= 0.3 is 5.97 Å². The van der Waals surface area contributed by atoms with E-state index in [1.54, 1.807) is 41.1 Å². The van der Waals surface area contributed by atoms with Crippen LogP contribution in [0, 0.1) is 0 Å². The van der Waals surface area contributed by atoms with Crippen molar-refractivity contribution in [3.8, 4) is 16.9 Å². The Kier molecular flexibility index (Phi) is 4.55. The lowest BCUT2D eigenvalue weighted by molar-refractivity contribution is 0.0600. The predicted molar refractivity (Wildman–Crippen MR) is 117 cm³/mol. The molecule has 2 heterocycles. The van der Waals surface area contributed by atoms with Crippen LogP contribution in [0.4, 0.5) is 0 Å². The van der Waals surface area contributed by atoms with Gasteiger partial charge in [-0.3, -0.25) is 4.79 Å². The largest absolute Gasteiger partial charge is 0.465 e. The van der Waals surface area contributed by atoms with Gasteiger partial charge in [-0.25, -0.2) is 9.48 Å². The highest BCUT2D eigenvalue weighted by Gasteiger charge is 2.15. The normalized spacial score (nSPS) is 11.1. The fourth-order valence-corrected chi connectivity index (χ4v) is 3.75. The van der Waals surface area contributed by atoms with Crippen molar-refractivity contribution < 1.29 is 9.53 Å². The first-order valence-electron chi connectivity index (χ1n) is 9.75. The van der Waals surface area contributed by atoms with Crippen LogP contribution in [0.25, 0.3) is 27.8 Å². The van der Waals surface area contributed by atoms with Gasteiger partial charge in [0.2, 0.25) is 0 Å². The predicted octanol–water partition coefficient (Wildman–Crippen LogP) is 3.52. The van der Waals surface area contributed by atoms with Crippen molar-refractivity contribution in [1.29, 1.82) is 0 Å². The number of para-hydroxylation sites is 1. The average Bonchev–Trinajstić information content (AvgIpc) is 3.28. The van der Waals surface area contributed by atoms with Gasteiger partial charge in [-0.2, -0.15) is 0 Å². The third-order valence-electron chi connectivity index (χ3n) is 5.28. The van der Waals surface area contributed by atoms with Crippen LogP contribution in [-0.4, -0.2) is 32.6 Å². The van der Waals surface area contributed by atoms with Gasteiger partial charge in [0.15, 0.2) is 5.43 Å². The first-order chi connectivity index (χ1) is 15.1.